The lowest BCUT2D eigenvalue weighted by molar-refractivity contribution is 0.0474. The fourth-order valence-corrected chi connectivity index (χ4v) is 1.34. The molecule has 96 valence electrons. The molecule has 0 saturated carbocycles. The molecule has 0 aliphatic heterocycles. The average molecular weight is 241 g/mol. The zero-order valence-corrected chi connectivity index (χ0v) is 10.3. The van der Waals surface area contributed by atoms with Gasteiger partial charge in [-0.1, -0.05) is 0 Å². The molecule has 5 heteroatoms. The lowest BCUT2D eigenvalue weighted by Crippen LogP contribution is -2.07. The third-order valence-corrected chi connectivity index (χ3v) is 2.32. The molecule has 1 atom stereocenters. The third kappa shape index (κ3) is 5.12. The van der Waals surface area contributed by atoms with Crippen LogP contribution >= 0.6 is 0 Å². The van der Waals surface area contributed by atoms with Gasteiger partial charge in [-0.3, -0.25) is 4.98 Å². The van der Waals surface area contributed by atoms with E-state index in [4.69, 9.17) is 14.2 Å². The van der Waals surface area contributed by atoms with E-state index in [9.17, 15) is 5.11 Å². The fraction of sp³-hybridized carbons (Fsp3) is 0.583. The van der Waals surface area contributed by atoms with E-state index in [-0.39, 0.29) is 0 Å². The predicted octanol–water partition coefficient (Wildman–Crippen LogP) is 1.18. The largest absolute Gasteiger partial charge is 0.495 e. The second kappa shape index (κ2) is 8.00. The Morgan fingerprint density at radius 3 is 2.76 bits per heavy atom. The van der Waals surface area contributed by atoms with Gasteiger partial charge in [0.1, 0.15) is 5.75 Å². The van der Waals surface area contributed by atoms with Gasteiger partial charge in [0.05, 0.1) is 32.6 Å². The minimum absolute atomic E-state index is 0.488. The van der Waals surface area contributed by atoms with E-state index >= 15 is 0 Å². The summed E-state index contributed by atoms with van der Waals surface area (Å²) in [6, 6.07) is 1.77. The number of methoxy groups -OCH3 is 2. The topological polar surface area (TPSA) is 60.8 Å². The van der Waals surface area contributed by atoms with Gasteiger partial charge in [0, 0.05) is 31.9 Å². The molecule has 1 aromatic heterocycles. The second-order valence-corrected chi connectivity index (χ2v) is 3.57. The first kappa shape index (κ1) is 13.9. The summed E-state index contributed by atoms with van der Waals surface area (Å²) in [5, 5.41) is 9.89. The van der Waals surface area contributed by atoms with Crippen LogP contribution in [-0.2, 0) is 9.47 Å². The van der Waals surface area contributed by atoms with Crippen molar-refractivity contribution in [1.29, 1.82) is 0 Å². The highest BCUT2D eigenvalue weighted by Gasteiger charge is 2.08. The van der Waals surface area contributed by atoms with E-state index in [2.05, 4.69) is 4.98 Å². The number of aliphatic hydroxyl groups excluding tert-OH is 1. The van der Waals surface area contributed by atoms with Crippen molar-refractivity contribution in [2.45, 2.75) is 12.5 Å². The van der Waals surface area contributed by atoms with Gasteiger partial charge in [-0.15, -0.1) is 0 Å². The van der Waals surface area contributed by atoms with Crippen LogP contribution < -0.4 is 4.74 Å². The van der Waals surface area contributed by atoms with E-state index in [0.717, 1.165) is 5.56 Å². The number of ether oxygens (including phenoxy) is 3. The van der Waals surface area contributed by atoms with Crippen molar-refractivity contribution in [3.8, 4) is 5.75 Å². The van der Waals surface area contributed by atoms with Crippen LogP contribution in [-0.4, -0.2) is 44.1 Å². The first-order chi connectivity index (χ1) is 8.27. The van der Waals surface area contributed by atoms with Gasteiger partial charge < -0.3 is 19.3 Å². The molecule has 0 saturated heterocycles. The highest BCUT2D eigenvalue weighted by molar-refractivity contribution is 5.24. The quantitative estimate of drug-likeness (QED) is 0.692. The van der Waals surface area contributed by atoms with Crippen LogP contribution in [0.4, 0.5) is 0 Å². The van der Waals surface area contributed by atoms with Crippen LogP contribution in [0.1, 0.15) is 18.1 Å². The van der Waals surface area contributed by atoms with E-state index in [1.54, 1.807) is 32.7 Å². The smallest absolute Gasteiger partial charge is 0.137 e. The molecule has 0 radical (unpaired) electrons. The maximum atomic E-state index is 9.89. The summed E-state index contributed by atoms with van der Waals surface area (Å²) in [6.45, 7) is 1.60. The molecule has 1 unspecified atom stereocenters. The molecule has 0 spiro atoms. The molecule has 17 heavy (non-hydrogen) atoms. The molecule has 5 nitrogen and oxygen atoms in total. The SMILES string of the molecule is COCCOCCC(O)c1cncc(OC)c1. The normalized spacial score (nSPS) is 12.4. The van der Waals surface area contributed by atoms with Crippen LogP contribution in [0.25, 0.3) is 0 Å². The summed E-state index contributed by atoms with van der Waals surface area (Å²) in [4.78, 5) is 3.99. The van der Waals surface area contributed by atoms with E-state index in [1.165, 1.54) is 0 Å². The van der Waals surface area contributed by atoms with Gasteiger partial charge in [0.2, 0.25) is 0 Å². The Balaban J connectivity index is 2.33. The summed E-state index contributed by atoms with van der Waals surface area (Å²) < 4.78 is 15.2. The predicted molar refractivity (Wildman–Crippen MR) is 63.1 cm³/mol. The van der Waals surface area contributed by atoms with Gasteiger partial charge in [-0.25, -0.2) is 0 Å². The van der Waals surface area contributed by atoms with Crippen LogP contribution in [0.15, 0.2) is 18.5 Å². The van der Waals surface area contributed by atoms with Crippen molar-refractivity contribution in [2.75, 3.05) is 34.0 Å². The number of aliphatic hydroxyl groups is 1. The molecule has 0 aliphatic rings. The molecular weight excluding hydrogens is 222 g/mol. The molecule has 0 bridgehead atoms. The van der Waals surface area contributed by atoms with E-state index < -0.39 is 6.10 Å². The number of rotatable bonds is 8. The standard InChI is InChI=1S/C12H19NO4/c1-15-5-6-17-4-3-12(14)10-7-11(16-2)9-13-8-10/h7-9,12,14H,3-6H2,1-2H3. The minimum atomic E-state index is -0.583. The van der Waals surface area contributed by atoms with E-state index in [1.807, 2.05) is 0 Å². The summed E-state index contributed by atoms with van der Waals surface area (Å²) in [6.07, 6.45) is 3.17. The van der Waals surface area contributed by atoms with Crippen molar-refractivity contribution in [2.24, 2.45) is 0 Å². The summed E-state index contributed by atoms with van der Waals surface area (Å²) in [5.41, 5.74) is 0.736. The number of aromatic nitrogens is 1. The summed E-state index contributed by atoms with van der Waals surface area (Å²) in [7, 11) is 3.20. The lowest BCUT2D eigenvalue weighted by Gasteiger charge is -2.11. The number of nitrogens with zero attached hydrogens (tertiary/aromatic N) is 1. The first-order valence-electron chi connectivity index (χ1n) is 5.51. The molecule has 1 N–H and O–H groups in total. The van der Waals surface area contributed by atoms with Crippen LogP contribution in [0.5, 0.6) is 5.75 Å². The Morgan fingerprint density at radius 1 is 1.24 bits per heavy atom. The van der Waals surface area contributed by atoms with Gasteiger partial charge in [0.25, 0.3) is 0 Å². The minimum Gasteiger partial charge on any atom is -0.495 e. The van der Waals surface area contributed by atoms with Gasteiger partial charge >= 0.3 is 0 Å². The van der Waals surface area contributed by atoms with Crippen molar-refractivity contribution in [1.82, 2.24) is 4.98 Å². The van der Waals surface area contributed by atoms with Crippen molar-refractivity contribution < 1.29 is 19.3 Å². The lowest BCUT2D eigenvalue weighted by atomic mass is 10.1. The van der Waals surface area contributed by atoms with Crippen LogP contribution in [0.2, 0.25) is 0 Å². The van der Waals surface area contributed by atoms with Crippen molar-refractivity contribution >= 4 is 0 Å². The van der Waals surface area contributed by atoms with Crippen LogP contribution in [0, 0.1) is 0 Å². The summed E-state index contributed by atoms with van der Waals surface area (Å²) >= 11 is 0. The molecule has 1 aromatic rings. The number of hydrogen-bond donors (Lipinski definition) is 1. The molecule has 0 aromatic carbocycles. The maximum Gasteiger partial charge on any atom is 0.137 e. The summed E-state index contributed by atoms with van der Waals surface area (Å²) in [5.74, 6) is 0.641. The third-order valence-electron chi connectivity index (χ3n) is 2.32. The second-order valence-electron chi connectivity index (χ2n) is 3.57. The Hall–Kier alpha value is -1.17. The Morgan fingerprint density at radius 2 is 2.06 bits per heavy atom. The highest BCUT2D eigenvalue weighted by atomic mass is 16.5. The van der Waals surface area contributed by atoms with Gasteiger partial charge in [0.15, 0.2) is 0 Å². The van der Waals surface area contributed by atoms with Crippen LogP contribution in [0.3, 0.4) is 0 Å². The molecule has 0 amide bonds. The average Bonchev–Trinajstić information content (AvgIpc) is 2.38. The van der Waals surface area contributed by atoms with Crippen molar-refractivity contribution in [3.05, 3.63) is 24.0 Å². The Kier molecular flexibility index (Phi) is 6.54. The first-order valence-corrected chi connectivity index (χ1v) is 5.51. The van der Waals surface area contributed by atoms with E-state index in [0.29, 0.717) is 32.0 Å². The highest BCUT2D eigenvalue weighted by Crippen LogP contribution is 2.19. The molecule has 0 fully saturated rings. The van der Waals surface area contributed by atoms with Crippen molar-refractivity contribution in [3.63, 3.8) is 0 Å². The fourth-order valence-electron chi connectivity index (χ4n) is 1.34. The molecular formula is C12H19NO4. The number of hydrogen-bond acceptors (Lipinski definition) is 5. The molecule has 1 heterocycles. The Bertz CT molecular complexity index is 319. The van der Waals surface area contributed by atoms with Gasteiger partial charge in [-0.05, 0) is 6.07 Å². The molecule has 0 aliphatic carbocycles. The maximum absolute atomic E-state index is 9.89. The molecule has 1 rings (SSSR count). The zero-order chi connectivity index (χ0) is 12.5. The Labute approximate surface area is 101 Å². The zero-order valence-electron chi connectivity index (χ0n) is 10.3. The monoisotopic (exact) mass is 241 g/mol. The van der Waals surface area contributed by atoms with Gasteiger partial charge in [-0.2, -0.15) is 0 Å². The number of pyridine rings is 1.